The number of nitrogens with one attached hydrogen (secondary N) is 2. The van der Waals surface area contributed by atoms with E-state index in [9.17, 15) is 9.59 Å². The van der Waals surface area contributed by atoms with Gasteiger partial charge in [-0.2, -0.15) is 10.5 Å². The number of nitriles is 2. The molecular weight excluding hydrogens is 452 g/mol. The Morgan fingerprint density at radius 1 is 1.03 bits per heavy atom. The fraction of sp³-hybridized carbons (Fsp3) is 0.600. The number of rotatable bonds is 8. The number of halogens is 1. The second-order valence-corrected chi connectivity index (χ2v) is 9.62. The number of carbonyl (C=O) groups excluding carboxylic acids is 2. The summed E-state index contributed by atoms with van der Waals surface area (Å²) in [5, 5.41) is 24.2. The molecule has 2 amide bonds. The summed E-state index contributed by atoms with van der Waals surface area (Å²) in [6.07, 6.45) is 7.65. The van der Waals surface area contributed by atoms with Gasteiger partial charge < -0.3 is 10.6 Å². The molecule has 0 bridgehead atoms. The number of carbonyl (C=O) groups is 2. The molecule has 8 nitrogen and oxygen atoms in total. The highest BCUT2D eigenvalue weighted by Gasteiger charge is 2.35. The third-order valence-electron chi connectivity index (χ3n) is 6.89. The first-order valence-corrected chi connectivity index (χ1v) is 12.5. The van der Waals surface area contributed by atoms with E-state index >= 15 is 0 Å². The van der Waals surface area contributed by atoms with Gasteiger partial charge in [0, 0.05) is 42.4 Å². The van der Waals surface area contributed by atoms with Gasteiger partial charge in [0.25, 0.3) is 0 Å². The van der Waals surface area contributed by atoms with E-state index in [0.717, 1.165) is 25.9 Å². The summed E-state index contributed by atoms with van der Waals surface area (Å²) >= 11 is 5.87. The van der Waals surface area contributed by atoms with Crippen molar-refractivity contribution < 1.29 is 9.59 Å². The minimum Gasteiger partial charge on any atom is -0.345 e. The quantitative estimate of drug-likeness (QED) is 0.433. The minimum atomic E-state index is -0.678. The summed E-state index contributed by atoms with van der Waals surface area (Å²) in [5.74, 6) is -0.732. The Labute approximate surface area is 206 Å². The van der Waals surface area contributed by atoms with Crippen LogP contribution in [0.25, 0.3) is 0 Å². The lowest BCUT2D eigenvalue weighted by molar-refractivity contribution is -0.137. The molecule has 3 rings (SSSR count). The molecule has 1 aromatic rings. The SMILES string of the molecule is N#CCN(CC#N)CCN1CCC(NC(=O)C(=O)Nc2ccc(Cl)cc2)CC1C1CCCCC1. The summed E-state index contributed by atoms with van der Waals surface area (Å²) < 4.78 is 0. The number of hydrogen-bond donors (Lipinski definition) is 2. The van der Waals surface area contributed by atoms with Gasteiger partial charge in [0.15, 0.2) is 0 Å². The molecule has 2 fully saturated rings. The average Bonchev–Trinajstić information content (AvgIpc) is 2.85. The van der Waals surface area contributed by atoms with Crippen LogP contribution in [-0.4, -0.2) is 66.4 Å². The van der Waals surface area contributed by atoms with Crippen LogP contribution in [-0.2, 0) is 9.59 Å². The standard InChI is InChI=1S/C25H33ClN6O2/c26-20-6-8-21(9-7-20)29-24(33)25(34)30-22-10-13-32(17-16-31(14-11-27)15-12-28)23(18-22)19-4-2-1-3-5-19/h6-9,19,22-23H,1-5,10,13-18H2,(H,29,33)(H,30,34). The Bertz CT molecular complexity index is 887. The molecule has 2 unspecified atom stereocenters. The fourth-order valence-corrected chi connectivity index (χ4v) is 5.25. The topological polar surface area (TPSA) is 112 Å². The number of anilines is 1. The largest absolute Gasteiger partial charge is 0.345 e. The van der Waals surface area contributed by atoms with Gasteiger partial charge >= 0.3 is 11.8 Å². The van der Waals surface area contributed by atoms with E-state index in [0.29, 0.717) is 29.2 Å². The van der Waals surface area contributed by atoms with Gasteiger partial charge in [0.1, 0.15) is 0 Å². The summed E-state index contributed by atoms with van der Waals surface area (Å²) in [6, 6.07) is 11.2. The zero-order chi connectivity index (χ0) is 24.3. The van der Waals surface area contributed by atoms with E-state index in [4.69, 9.17) is 22.1 Å². The predicted octanol–water partition coefficient (Wildman–Crippen LogP) is 3.16. The first-order chi connectivity index (χ1) is 16.5. The van der Waals surface area contributed by atoms with Crippen molar-refractivity contribution in [1.29, 1.82) is 10.5 Å². The van der Waals surface area contributed by atoms with Crippen molar-refractivity contribution in [3.05, 3.63) is 29.3 Å². The number of hydrogen-bond acceptors (Lipinski definition) is 6. The van der Waals surface area contributed by atoms with Crippen molar-refractivity contribution in [1.82, 2.24) is 15.1 Å². The van der Waals surface area contributed by atoms with Gasteiger partial charge in [0.05, 0.1) is 25.2 Å². The predicted molar refractivity (Wildman–Crippen MR) is 131 cm³/mol. The molecule has 1 heterocycles. The normalized spacial score (nSPS) is 21.4. The minimum absolute atomic E-state index is 0.0547. The lowest BCUT2D eigenvalue weighted by atomic mass is 9.78. The maximum atomic E-state index is 12.6. The van der Waals surface area contributed by atoms with Gasteiger partial charge in [-0.15, -0.1) is 0 Å². The van der Waals surface area contributed by atoms with Crippen molar-refractivity contribution in [3.63, 3.8) is 0 Å². The van der Waals surface area contributed by atoms with Crippen LogP contribution in [0.3, 0.4) is 0 Å². The Morgan fingerprint density at radius 2 is 1.71 bits per heavy atom. The van der Waals surface area contributed by atoms with E-state index in [2.05, 4.69) is 27.7 Å². The Hall–Kier alpha value is -2.65. The molecule has 0 aromatic heterocycles. The molecule has 1 aliphatic heterocycles. The third kappa shape index (κ3) is 7.70. The van der Waals surface area contributed by atoms with Crippen LogP contribution in [0.4, 0.5) is 5.69 Å². The molecule has 9 heteroatoms. The van der Waals surface area contributed by atoms with Crippen molar-refractivity contribution >= 4 is 29.1 Å². The maximum absolute atomic E-state index is 12.6. The molecule has 2 N–H and O–H groups in total. The molecule has 2 aliphatic rings. The molecule has 182 valence electrons. The van der Waals surface area contributed by atoms with Crippen LogP contribution in [0.1, 0.15) is 44.9 Å². The van der Waals surface area contributed by atoms with E-state index in [1.807, 2.05) is 4.90 Å². The van der Waals surface area contributed by atoms with Gasteiger partial charge in [-0.25, -0.2) is 0 Å². The highest BCUT2D eigenvalue weighted by molar-refractivity contribution is 6.39. The molecule has 0 spiro atoms. The van der Waals surface area contributed by atoms with Crippen LogP contribution in [0.15, 0.2) is 24.3 Å². The molecular formula is C25H33ClN6O2. The lowest BCUT2D eigenvalue weighted by Gasteiger charge is -2.45. The van der Waals surface area contributed by atoms with Crippen LogP contribution < -0.4 is 10.6 Å². The molecule has 1 saturated heterocycles. The number of likely N-dealkylation sites (tertiary alicyclic amines) is 1. The summed E-state index contributed by atoms with van der Waals surface area (Å²) in [7, 11) is 0. The van der Waals surface area contributed by atoms with E-state index < -0.39 is 11.8 Å². The first kappa shape index (κ1) is 26.0. The molecule has 1 aromatic carbocycles. The molecule has 34 heavy (non-hydrogen) atoms. The third-order valence-corrected chi connectivity index (χ3v) is 7.14. The van der Waals surface area contributed by atoms with E-state index in [-0.39, 0.29) is 19.1 Å². The van der Waals surface area contributed by atoms with Crippen molar-refractivity contribution in [2.24, 2.45) is 5.92 Å². The number of piperidine rings is 1. The van der Waals surface area contributed by atoms with Crippen LogP contribution >= 0.6 is 11.6 Å². The van der Waals surface area contributed by atoms with Gasteiger partial charge in [0.2, 0.25) is 0 Å². The first-order valence-electron chi connectivity index (χ1n) is 12.1. The number of benzene rings is 1. The second kappa shape index (κ2) is 13.3. The maximum Gasteiger partial charge on any atom is 0.313 e. The molecule has 1 saturated carbocycles. The Balaban J connectivity index is 1.58. The van der Waals surface area contributed by atoms with Crippen LogP contribution in [0.2, 0.25) is 5.02 Å². The summed E-state index contributed by atoms with van der Waals surface area (Å²) in [6.45, 7) is 2.78. The highest BCUT2D eigenvalue weighted by Crippen LogP contribution is 2.33. The summed E-state index contributed by atoms with van der Waals surface area (Å²) in [5.41, 5.74) is 0.527. The number of nitrogens with zero attached hydrogens (tertiary/aromatic N) is 4. The Kier molecular flexibility index (Phi) is 10.2. The number of amides is 2. The van der Waals surface area contributed by atoms with Crippen molar-refractivity contribution in [3.8, 4) is 12.1 Å². The zero-order valence-electron chi connectivity index (χ0n) is 19.5. The van der Waals surface area contributed by atoms with E-state index in [1.54, 1.807) is 24.3 Å². The Morgan fingerprint density at radius 3 is 2.35 bits per heavy atom. The van der Waals surface area contributed by atoms with Crippen LogP contribution in [0, 0.1) is 28.6 Å². The molecule has 2 atom stereocenters. The average molecular weight is 485 g/mol. The van der Waals surface area contributed by atoms with Crippen molar-refractivity contribution in [2.75, 3.05) is 38.0 Å². The lowest BCUT2D eigenvalue weighted by Crippen LogP contribution is -2.55. The van der Waals surface area contributed by atoms with Gasteiger partial charge in [-0.1, -0.05) is 30.9 Å². The van der Waals surface area contributed by atoms with Gasteiger partial charge in [-0.05, 0) is 55.9 Å². The van der Waals surface area contributed by atoms with E-state index in [1.165, 1.54) is 32.1 Å². The monoisotopic (exact) mass is 484 g/mol. The van der Waals surface area contributed by atoms with Gasteiger partial charge in [-0.3, -0.25) is 19.4 Å². The van der Waals surface area contributed by atoms with Crippen LogP contribution in [0.5, 0.6) is 0 Å². The highest BCUT2D eigenvalue weighted by atomic mass is 35.5. The summed E-state index contributed by atoms with van der Waals surface area (Å²) in [4.78, 5) is 29.3. The second-order valence-electron chi connectivity index (χ2n) is 9.18. The fourth-order valence-electron chi connectivity index (χ4n) is 5.12. The molecule has 0 radical (unpaired) electrons. The smallest absolute Gasteiger partial charge is 0.313 e. The molecule has 1 aliphatic carbocycles. The zero-order valence-corrected chi connectivity index (χ0v) is 20.3. The van der Waals surface area contributed by atoms with Crippen molar-refractivity contribution in [2.45, 2.75) is 57.0 Å².